The molecule has 0 aliphatic rings. The Morgan fingerprint density at radius 2 is 2.00 bits per heavy atom. The van der Waals surface area contributed by atoms with E-state index < -0.39 is 6.09 Å². The maximum absolute atomic E-state index is 11.3. The maximum atomic E-state index is 11.3. The molecule has 0 saturated carbocycles. The van der Waals surface area contributed by atoms with Crippen molar-refractivity contribution in [3.63, 3.8) is 0 Å². The van der Waals surface area contributed by atoms with E-state index in [2.05, 4.69) is 10.6 Å². The lowest BCUT2D eigenvalue weighted by molar-refractivity contribution is -0.119. The summed E-state index contributed by atoms with van der Waals surface area (Å²) in [5.74, 6) is -0.177. The minimum Gasteiger partial charge on any atom is -0.447 e. The average Bonchev–Trinajstić information content (AvgIpc) is 2.29. The molecule has 0 aliphatic heterocycles. The Morgan fingerprint density at radius 3 is 2.61 bits per heavy atom. The molecule has 0 aromatic heterocycles. The number of carbonyl (C=O) groups is 2. The highest BCUT2D eigenvalue weighted by atomic mass is 35.5. The van der Waals surface area contributed by atoms with Crippen LogP contribution in [0, 0.1) is 0 Å². The van der Waals surface area contributed by atoms with Gasteiger partial charge in [-0.15, -0.1) is 0 Å². The van der Waals surface area contributed by atoms with Gasteiger partial charge in [0, 0.05) is 12.6 Å². The molecule has 18 heavy (non-hydrogen) atoms. The van der Waals surface area contributed by atoms with Gasteiger partial charge in [-0.2, -0.15) is 0 Å². The fourth-order valence-electron chi connectivity index (χ4n) is 1.10. The lowest BCUT2D eigenvalue weighted by Gasteiger charge is -2.07. The zero-order chi connectivity index (χ0) is 13.5. The van der Waals surface area contributed by atoms with Gasteiger partial charge in [0.05, 0.1) is 16.6 Å². The molecule has 0 atom stereocenters. The Labute approximate surface area is 114 Å². The molecule has 2 N–H and O–H groups in total. The van der Waals surface area contributed by atoms with E-state index in [9.17, 15) is 9.59 Å². The molecule has 0 spiro atoms. The fraction of sp³-hybridized carbons (Fsp3) is 0.273. The molecule has 5 nitrogen and oxygen atoms in total. The normalized spacial score (nSPS) is 9.72. The van der Waals surface area contributed by atoms with Gasteiger partial charge in [0.1, 0.15) is 6.61 Å². The molecule has 0 heterocycles. The smallest absolute Gasteiger partial charge is 0.411 e. The van der Waals surface area contributed by atoms with Gasteiger partial charge in [-0.1, -0.05) is 23.2 Å². The lowest BCUT2D eigenvalue weighted by Crippen LogP contribution is -2.26. The van der Waals surface area contributed by atoms with E-state index >= 15 is 0 Å². The molecule has 1 aromatic carbocycles. The summed E-state index contributed by atoms with van der Waals surface area (Å²) in [5, 5.41) is 5.72. The number of anilines is 1. The molecular weight excluding hydrogens is 279 g/mol. The van der Waals surface area contributed by atoms with Crippen LogP contribution in [0.1, 0.15) is 6.92 Å². The first-order valence-corrected chi connectivity index (χ1v) is 5.88. The first kappa shape index (κ1) is 14.6. The summed E-state index contributed by atoms with van der Waals surface area (Å²) in [4.78, 5) is 21.9. The maximum Gasteiger partial charge on any atom is 0.411 e. The first-order chi connectivity index (χ1) is 8.49. The van der Waals surface area contributed by atoms with E-state index in [0.717, 1.165) is 0 Å². The summed E-state index contributed by atoms with van der Waals surface area (Å²) in [5.41, 5.74) is 0.480. The van der Waals surface area contributed by atoms with Gasteiger partial charge in [-0.05, 0) is 18.2 Å². The molecule has 1 aromatic rings. The van der Waals surface area contributed by atoms with Gasteiger partial charge in [-0.3, -0.25) is 10.1 Å². The third kappa shape index (κ3) is 5.25. The molecule has 1 rings (SSSR count). The van der Waals surface area contributed by atoms with E-state index in [0.29, 0.717) is 15.7 Å². The Hall–Kier alpha value is -1.46. The molecule has 0 unspecified atom stereocenters. The van der Waals surface area contributed by atoms with Gasteiger partial charge in [0.2, 0.25) is 5.91 Å². The highest BCUT2D eigenvalue weighted by Crippen LogP contribution is 2.24. The van der Waals surface area contributed by atoms with Crippen LogP contribution >= 0.6 is 23.2 Å². The summed E-state index contributed by atoms with van der Waals surface area (Å²) >= 11 is 11.5. The number of amides is 2. The largest absolute Gasteiger partial charge is 0.447 e. The van der Waals surface area contributed by atoms with Crippen LogP contribution in [0.3, 0.4) is 0 Å². The highest BCUT2D eigenvalue weighted by Gasteiger charge is 2.05. The molecular formula is C11H12Cl2N2O3. The van der Waals surface area contributed by atoms with Crippen LogP contribution in [0.25, 0.3) is 0 Å². The topological polar surface area (TPSA) is 67.4 Å². The highest BCUT2D eigenvalue weighted by molar-refractivity contribution is 6.42. The zero-order valence-electron chi connectivity index (χ0n) is 9.63. The van der Waals surface area contributed by atoms with Crippen LogP contribution in [0.5, 0.6) is 0 Å². The minimum absolute atomic E-state index is 0.0900. The molecule has 0 saturated heterocycles. The number of rotatable bonds is 4. The zero-order valence-corrected chi connectivity index (χ0v) is 11.1. The van der Waals surface area contributed by atoms with Crippen molar-refractivity contribution in [1.29, 1.82) is 0 Å². The predicted molar refractivity (Wildman–Crippen MR) is 70.1 cm³/mol. The minimum atomic E-state index is -0.626. The second kappa shape index (κ2) is 7.08. The van der Waals surface area contributed by atoms with Crippen molar-refractivity contribution in [2.75, 3.05) is 18.5 Å². The van der Waals surface area contributed by atoms with E-state index in [1.165, 1.54) is 13.0 Å². The van der Waals surface area contributed by atoms with Gasteiger partial charge in [0.15, 0.2) is 0 Å². The number of benzene rings is 1. The number of carbonyl (C=O) groups excluding carboxylic acids is 2. The third-order valence-electron chi connectivity index (χ3n) is 1.88. The summed E-state index contributed by atoms with van der Waals surface area (Å²) in [6.07, 6.45) is -0.626. The first-order valence-electron chi connectivity index (χ1n) is 5.12. The van der Waals surface area contributed by atoms with Crippen LogP contribution in [-0.2, 0) is 9.53 Å². The molecule has 0 aliphatic carbocycles. The van der Waals surface area contributed by atoms with Gasteiger partial charge < -0.3 is 10.1 Å². The Bertz CT molecular complexity index is 452. The Morgan fingerprint density at radius 1 is 1.28 bits per heavy atom. The summed E-state index contributed by atoms with van der Waals surface area (Å²) in [6.45, 7) is 1.74. The van der Waals surface area contributed by atoms with E-state index in [1.54, 1.807) is 12.1 Å². The Kier molecular flexibility index (Phi) is 5.74. The summed E-state index contributed by atoms with van der Waals surface area (Å²) in [6, 6.07) is 4.68. The second-order valence-electron chi connectivity index (χ2n) is 3.37. The van der Waals surface area contributed by atoms with Crippen LogP contribution in [0.15, 0.2) is 18.2 Å². The quantitative estimate of drug-likeness (QED) is 0.838. The van der Waals surface area contributed by atoms with Crippen molar-refractivity contribution >= 4 is 40.9 Å². The second-order valence-corrected chi connectivity index (χ2v) is 4.19. The fourth-order valence-corrected chi connectivity index (χ4v) is 1.40. The van der Waals surface area contributed by atoms with Crippen molar-refractivity contribution in [1.82, 2.24) is 5.32 Å². The predicted octanol–water partition coefficient (Wildman–Crippen LogP) is 2.68. The number of hydrogen-bond acceptors (Lipinski definition) is 3. The number of nitrogens with one attached hydrogen (secondary N) is 2. The summed E-state index contributed by atoms with van der Waals surface area (Å²) in [7, 11) is 0. The van der Waals surface area contributed by atoms with Crippen molar-refractivity contribution in [2.24, 2.45) is 0 Å². The molecule has 0 bridgehead atoms. The van der Waals surface area contributed by atoms with E-state index in [-0.39, 0.29) is 19.1 Å². The molecule has 0 radical (unpaired) electrons. The Balaban J connectivity index is 2.35. The average molecular weight is 291 g/mol. The number of halogens is 2. The van der Waals surface area contributed by atoms with Crippen LogP contribution in [0.4, 0.5) is 10.5 Å². The molecule has 98 valence electrons. The van der Waals surface area contributed by atoms with Gasteiger partial charge in [0.25, 0.3) is 0 Å². The van der Waals surface area contributed by atoms with E-state index in [1.807, 2.05) is 0 Å². The number of hydrogen-bond donors (Lipinski definition) is 2. The summed E-state index contributed by atoms with van der Waals surface area (Å²) < 4.78 is 4.83. The molecule has 7 heteroatoms. The SMILES string of the molecule is CC(=O)NCCOC(=O)Nc1ccc(Cl)c(Cl)c1. The van der Waals surface area contributed by atoms with Gasteiger partial charge >= 0.3 is 6.09 Å². The number of ether oxygens (including phenoxy) is 1. The lowest BCUT2D eigenvalue weighted by atomic mass is 10.3. The monoisotopic (exact) mass is 290 g/mol. The van der Waals surface area contributed by atoms with Crippen LogP contribution < -0.4 is 10.6 Å². The molecule has 2 amide bonds. The molecule has 0 fully saturated rings. The van der Waals surface area contributed by atoms with Crippen LogP contribution in [0.2, 0.25) is 10.0 Å². The van der Waals surface area contributed by atoms with Crippen molar-refractivity contribution < 1.29 is 14.3 Å². The van der Waals surface area contributed by atoms with Crippen LogP contribution in [-0.4, -0.2) is 25.2 Å². The van der Waals surface area contributed by atoms with Gasteiger partial charge in [-0.25, -0.2) is 4.79 Å². The third-order valence-corrected chi connectivity index (χ3v) is 2.61. The van der Waals surface area contributed by atoms with Crippen molar-refractivity contribution in [3.8, 4) is 0 Å². The van der Waals surface area contributed by atoms with Crippen molar-refractivity contribution in [2.45, 2.75) is 6.92 Å². The van der Waals surface area contributed by atoms with Crippen molar-refractivity contribution in [3.05, 3.63) is 28.2 Å². The van der Waals surface area contributed by atoms with E-state index in [4.69, 9.17) is 27.9 Å². The standard InChI is InChI=1S/C11H12Cl2N2O3/c1-7(16)14-4-5-18-11(17)15-8-2-3-9(12)10(13)6-8/h2-3,6H,4-5H2,1H3,(H,14,16)(H,15,17).